The number of nitrogens with zero attached hydrogens (tertiary/aromatic N) is 1. The van der Waals surface area contributed by atoms with Crippen molar-refractivity contribution in [2.45, 2.75) is 46.2 Å². The Morgan fingerprint density at radius 1 is 1.12 bits per heavy atom. The van der Waals surface area contributed by atoms with Gasteiger partial charge in [0.1, 0.15) is 0 Å². The summed E-state index contributed by atoms with van der Waals surface area (Å²) in [6.07, 6.45) is 1.65. The molecule has 1 aliphatic rings. The second kappa shape index (κ2) is 9.38. The fourth-order valence-corrected chi connectivity index (χ4v) is 3.10. The van der Waals surface area contributed by atoms with Crippen molar-refractivity contribution in [2.75, 3.05) is 20.2 Å². The van der Waals surface area contributed by atoms with Gasteiger partial charge in [-0.05, 0) is 37.9 Å². The molecule has 0 spiro atoms. The van der Waals surface area contributed by atoms with E-state index in [1.165, 1.54) is 11.1 Å². The number of esters is 1. The van der Waals surface area contributed by atoms with Crippen LogP contribution in [0.1, 0.15) is 38.3 Å². The molecule has 0 aliphatic carbocycles. The molecular formula is C20H29N3O3. The van der Waals surface area contributed by atoms with Crippen LogP contribution in [-0.2, 0) is 22.5 Å². The first-order chi connectivity index (χ1) is 12.5. The first kappa shape index (κ1) is 20.0. The maximum Gasteiger partial charge on any atom is 0.337 e. The minimum atomic E-state index is -0.373. The van der Waals surface area contributed by atoms with Crippen molar-refractivity contribution in [3.05, 3.63) is 46.7 Å². The second-order valence-corrected chi connectivity index (χ2v) is 6.51. The molecule has 0 aromatic heterocycles. The lowest BCUT2D eigenvalue weighted by atomic mass is 10.00. The molecule has 142 valence electrons. The van der Waals surface area contributed by atoms with E-state index in [4.69, 9.17) is 4.74 Å². The summed E-state index contributed by atoms with van der Waals surface area (Å²) in [5.74, 6) is -0.373. The number of hydrogen-bond donors (Lipinski definition) is 2. The Morgan fingerprint density at radius 3 is 2.35 bits per heavy atom. The van der Waals surface area contributed by atoms with Crippen molar-refractivity contribution in [1.29, 1.82) is 0 Å². The van der Waals surface area contributed by atoms with Crippen molar-refractivity contribution in [1.82, 2.24) is 15.5 Å². The molecule has 1 atom stereocenters. The highest BCUT2D eigenvalue weighted by atomic mass is 16.5. The lowest BCUT2D eigenvalue weighted by Crippen LogP contribution is -2.51. The van der Waals surface area contributed by atoms with E-state index in [0.717, 1.165) is 13.0 Å². The van der Waals surface area contributed by atoms with Crippen LogP contribution in [0.5, 0.6) is 0 Å². The molecule has 1 aromatic rings. The van der Waals surface area contributed by atoms with Gasteiger partial charge >= 0.3 is 12.0 Å². The van der Waals surface area contributed by atoms with Gasteiger partial charge in [0.2, 0.25) is 0 Å². The molecule has 1 aliphatic heterocycles. The number of carbonyl (C=O) groups is 2. The lowest BCUT2D eigenvalue weighted by molar-refractivity contribution is -0.139. The normalized spacial score (nSPS) is 17.1. The van der Waals surface area contributed by atoms with Crippen LogP contribution in [-0.4, -0.2) is 43.1 Å². The van der Waals surface area contributed by atoms with Gasteiger partial charge in [-0.3, -0.25) is 4.90 Å². The summed E-state index contributed by atoms with van der Waals surface area (Å²) >= 11 is 0. The standard InChI is InChI=1S/C20H29N3O3/c1-5-14-8-10-15(11-9-14)12-23(4)13-17-18(19(24)26-7-3)16(6-2)21-20(25)22-17/h8-11,16H,5-7,12-13H2,1-4H3,(H2,21,22,25). The Labute approximate surface area is 155 Å². The number of likely N-dealkylation sites (N-methyl/N-ethyl adjacent to an activating group) is 1. The molecule has 0 saturated heterocycles. The first-order valence-corrected chi connectivity index (χ1v) is 9.22. The third kappa shape index (κ3) is 5.08. The SMILES string of the molecule is CCOC(=O)C1=C(CN(C)Cc2ccc(CC)cc2)NC(=O)NC1CC. The van der Waals surface area contributed by atoms with E-state index in [1.54, 1.807) is 6.92 Å². The van der Waals surface area contributed by atoms with Gasteiger partial charge in [0.15, 0.2) is 0 Å². The van der Waals surface area contributed by atoms with Crippen molar-refractivity contribution >= 4 is 12.0 Å². The van der Waals surface area contributed by atoms with Crippen molar-refractivity contribution < 1.29 is 14.3 Å². The average molecular weight is 359 g/mol. The molecule has 1 aromatic carbocycles. The maximum atomic E-state index is 12.4. The van der Waals surface area contributed by atoms with Gasteiger partial charge in [-0.25, -0.2) is 9.59 Å². The number of ether oxygens (including phenoxy) is 1. The summed E-state index contributed by atoms with van der Waals surface area (Å²) < 4.78 is 5.20. The third-order valence-corrected chi connectivity index (χ3v) is 4.46. The van der Waals surface area contributed by atoms with Gasteiger partial charge < -0.3 is 15.4 Å². The molecule has 0 radical (unpaired) electrons. The van der Waals surface area contributed by atoms with Gasteiger partial charge in [0.25, 0.3) is 0 Å². The molecule has 6 nitrogen and oxygen atoms in total. The zero-order chi connectivity index (χ0) is 19.1. The first-order valence-electron chi connectivity index (χ1n) is 9.22. The van der Waals surface area contributed by atoms with Crippen LogP contribution < -0.4 is 10.6 Å². The fourth-order valence-electron chi connectivity index (χ4n) is 3.10. The largest absolute Gasteiger partial charge is 0.463 e. The van der Waals surface area contributed by atoms with Gasteiger partial charge in [-0.1, -0.05) is 38.1 Å². The number of nitrogens with one attached hydrogen (secondary N) is 2. The second-order valence-electron chi connectivity index (χ2n) is 6.51. The van der Waals surface area contributed by atoms with E-state index in [1.807, 2.05) is 14.0 Å². The van der Waals surface area contributed by atoms with Crippen molar-refractivity contribution in [3.8, 4) is 0 Å². The summed E-state index contributed by atoms with van der Waals surface area (Å²) in [7, 11) is 1.97. The van der Waals surface area contributed by atoms with Gasteiger partial charge in [-0.15, -0.1) is 0 Å². The molecule has 2 rings (SSSR count). The summed E-state index contributed by atoms with van der Waals surface area (Å²) in [6, 6.07) is 7.89. The van der Waals surface area contributed by atoms with E-state index >= 15 is 0 Å². The van der Waals surface area contributed by atoms with Crippen LogP contribution in [0.15, 0.2) is 35.5 Å². The highest BCUT2D eigenvalue weighted by Crippen LogP contribution is 2.18. The molecule has 2 N–H and O–H groups in total. The average Bonchev–Trinajstić information content (AvgIpc) is 2.61. The van der Waals surface area contributed by atoms with Gasteiger partial charge in [0.05, 0.1) is 18.2 Å². The smallest absolute Gasteiger partial charge is 0.337 e. The summed E-state index contributed by atoms with van der Waals surface area (Å²) in [6.45, 7) is 7.34. The van der Waals surface area contributed by atoms with E-state index < -0.39 is 0 Å². The lowest BCUT2D eigenvalue weighted by Gasteiger charge is -2.30. The van der Waals surface area contributed by atoms with Gasteiger partial charge in [-0.2, -0.15) is 0 Å². The topological polar surface area (TPSA) is 70.7 Å². The number of aryl methyl sites for hydroxylation is 1. The maximum absolute atomic E-state index is 12.4. The van der Waals surface area contributed by atoms with Crippen LogP contribution in [0.4, 0.5) is 4.79 Å². The quantitative estimate of drug-likeness (QED) is 0.700. The predicted molar refractivity (Wildman–Crippen MR) is 102 cm³/mol. The Balaban J connectivity index is 2.17. The monoisotopic (exact) mass is 359 g/mol. The van der Waals surface area contributed by atoms with Crippen LogP contribution in [0.25, 0.3) is 0 Å². The Bertz CT molecular complexity index is 667. The van der Waals surface area contributed by atoms with Crippen molar-refractivity contribution in [2.24, 2.45) is 0 Å². The summed E-state index contributed by atoms with van der Waals surface area (Å²) in [5.41, 5.74) is 3.63. The van der Waals surface area contributed by atoms with E-state index in [9.17, 15) is 9.59 Å². The Morgan fingerprint density at radius 2 is 1.77 bits per heavy atom. The third-order valence-electron chi connectivity index (χ3n) is 4.46. The van der Waals surface area contributed by atoms with E-state index in [2.05, 4.69) is 46.7 Å². The van der Waals surface area contributed by atoms with Crippen LogP contribution in [0.3, 0.4) is 0 Å². The molecule has 1 heterocycles. The Hall–Kier alpha value is -2.34. The van der Waals surface area contributed by atoms with Crippen LogP contribution in [0, 0.1) is 0 Å². The Kier molecular flexibility index (Phi) is 7.21. The summed E-state index contributed by atoms with van der Waals surface area (Å²) in [4.78, 5) is 26.4. The number of carbonyl (C=O) groups excluding carboxylic acids is 2. The molecule has 26 heavy (non-hydrogen) atoms. The number of benzene rings is 1. The molecular weight excluding hydrogens is 330 g/mol. The van der Waals surface area contributed by atoms with Crippen LogP contribution >= 0.6 is 0 Å². The summed E-state index contributed by atoms with van der Waals surface area (Å²) in [5, 5.41) is 5.59. The van der Waals surface area contributed by atoms with Crippen LogP contribution in [0.2, 0.25) is 0 Å². The minimum Gasteiger partial charge on any atom is -0.463 e. The van der Waals surface area contributed by atoms with E-state index in [0.29, 0.717) is 30.8 Å². The predicted octanol–water partition coefficient (Wildman–Crippen LogP) is 2.59. The van der Waals surface area contributed by atoms with E-state index in [-0.39, 0.29) is 18.0 Å². The minimum absolute atomic E-state index is 0.277. The molecule has 6 heteroatoms. The zero-order valence-electron chi connectivity index (χ0n) is 16.1. The molecule has 2 amide bonds. The zero-order valence-corrected chi connectivity index (χ0v) is 16.1. The molecule has 1 unspecified atom stereocenters. The highest BCUT2D eigenvalue weighted by Gasteiger charge is 2.31. The number of urea groups is 1. The fraction of sp³-hybridized carbons (Fsp3) is 0.500. The molecule has 0 fully saturated rings. The number of rotatable bonds is 8. The number of amides is 2. The number of hydrogen-bond acceptors (Lipinski definition) is 4. The van der Waals surface area contributed by atoms with Crippen molar-refractivity contribution in [3.63, 3.8) is 0 Å². The molecule has 0 bridgehead atoms. The highest BCUT2D eigenvalue weighted by molar-refractivity contribution is 5.94. The molecule has 0 saturated carbocycles. The van der Waals surface area contributed by atoms with Gasteiger partial charge in [0, 0.05) is 18.8 Å².